The monoisotopic (exact) mass is 428 g/mol. The molecule has 1 heterocycles. The van der Waals surface area contributed by atoms with Gasteiger partial charge in [-0.3, -0.25) is 19.0 Å². The zero-order valence-corrected chi connectivity index (χ0v) is 17.2. The zero-order valence-electron chi connectivity index (χ0n) is 14.9. The summed E-state index contributed by atoms with van der Waals surface area (Å²) in [6.45, 7) is 2.45. The second-order valence-electron chi connectivity index (χ2n) is 6.10. The molecule has 1 amide bonds. The zero-order chi connectivity index (χ0) is 20.1. The quantitative estimate of drug-likeness (QED) is 0.481. The van der Waals surface area contributed by atoms with Gasteiger partial charge >= 0.3 is 0 Å². The minimum atomic E-state index is -1.42. The van der Waals surface area contributed by atoms with E-state index in [9.17, 15) is 14.4 Å². The van der Waals surface area contributed by atoms with Gasteiger partial charge in [-0.1, -0.05) is 48.1 Å². The van der Waals surface area contributed by atoms with Crippen molar-refractivity contribution in [3.8, 4) is 0 Å². The van der Waals surface area contributed by atoms with Crippen LogP contribution in [0.1, 0.15) is 36.2 Å². The Hall–Kier alpha value is -1.82. The number of halogens is 3. The molecule has 1 atom stereocenters. The number of hydrogen-bond donors (Lipinski definition) is 0. The first-order chi connectivity index (χ1) is 12.8. The van der Waals surface area contributed by atoms with Crippen molar-refractivity contribution in [1.82, 2.24) is 9.47 Å². The number of Topliss-reactive ketones (excluding diaryl/α,β-unsaturated/α-hetero) is 1. The van der Waals surface area contributed by atoms with Crippen molar-refractivity contribution in [3.05, 3.63) is 67.5 Å². The van der Waals surface area contributed by atoms with Gasteiger partial charge in [-0.25, -0.2) is 0 Å². The van der Waals surface area contributed by atoms with Crippen molar-refractivity contribution < 1.29 is 9.59 Å². The maximum absolute atomic E-state index is 13.2. The van der Waals surface area contributed by atoms with Crippen LogP contribution < -0.4 is 5.56 Å². The van der Waals surface area contributed by atoms with Gasteiger partial charge in [0.1, 0.15) is 0 Å². The first-order valence-electron chi connectivity index (χ1n) is 8.38. The summed E-state index contributed by atoms with van der Waals surface area (Å²) < 4.78 is 1.03. The smallest absolute Gasteiger partial charge is 0.253 e. The number of rotatable bonds is 7. The third kappa shape index (κ3) is 5.12. The average Bonchev–Trinajstić information content (AvgIpc) is 2.64. The fourth-order valence-electron chi connectivity index (χ4n) is 2.58. The Kier molecular flexibility index (Phi) is 7.48. The van der Waals surface area contributed by atoms with Gasteiger partial charge in [-0.05, 0) is 30.7 Å². The summed E-state index contributed by atoms with van der Waals surface area (Å²) in [6.07, 6.45) is 2.93. The van der Waals surface area contributed by atoms with Crippen LogP contribution in [0.15, 0.2) is 41.3 Å². The van der Waals surface area contributed by atoms with Crippen LogP contribution in [0.5, 0.6) is 0 Å². The van der Waals surface area contributed by atoms with Crippen LogP contribution >= 0.6 is 34.8 Å². The summed E-state index contributed by atoms with van der Waals surface area (Å²) in [4.78, 5) is 40.1. The predicted octanol–water partition coefficient (Wildman–Crippen LogP) is 4.49. The summed E-state index contributed by atoms with van der Waals surface area (Å²) in [6, 6.07) is 5.58. The summed E-state index contributed by atoms with van der Waals surface area (Å²) >= 11 is 18.1. The molecule has 0 aliphatic rings. The van der Waals surface area contributed by atoms with Gasteiger partial charge < -0.3 is 4.90 Å². The van der Waals surface area contributed by atoms with Crippen LogP contribution in [0.3, 0.4) is 0 Å². The number of ketones is 1. The van der Waals surface area contributed by atoms with Gasteiger partial charge in [0.15, 0.2) is 11.8 Å². The molecule has 0 N–H and O–H groups in total. The number of pyridine rings is 1. The lowest BCUT2D eigenvalue weighted by molar-refractivity contribution is -0.132. The van der Waals surface area contributed by atoms with E-state index in [1.807, 2.05) is 6.92 Å². The Morgan fingerprint density at radius 2 is 1.78 bits per heavy atom. The van der Waals surface area contributed by atoms with Crippen LogP contribution in [-0.2, 0) is 4.79 Å². The van der Waals surface area contributed by atoms with E-state index in [1.165, 1.54) is 41.4 Å². The van der Waals surface area contributed by atoms with Crippen molar-refractivity contribution in [1.29, 1.82) is 0 Å². The van der Waals surface area contributed by atoms with Crippen LogP contribution in [-0.4, -0.2) is 34.7 Å². The minimum Gasteiger partial charge on any atom is -0.344 e. The fraction of sp³-hybridized carbons (Fsp3) is 0.316. The van der Waals surface area contributed by atoms with Gasteiger partial charge in [0.2, 0.25) is 0 Å². The topological polar surface area (TPSA) is 59.4 Å². The molecular weight excluding hydrogens is 411 g/mol. The molecule has 0 spiro atoms. The molecule has 0 saturated carbocycles. The normalized spacial score (nSPS) is 11.9. The molecule has 144 valence electrons. The van der Waals surface area contributed by atoms with Gasteiger partial charge in [0.05, 0.1) is 10.0 Å². The Morgan fingerprint density at radius 3 is 2.44 bits per heavy atom. The number of hydrogen-bond acceptors (Lipinski definition) is 3. The number of likely N-dealkylation sites (N-methyl/N-ethyl adjacent to an activating group) is 1. The molecule has 0 unspecified atom stereocenters. The molecule has 27 heavy (non-hydrogen) atoms. The highest BCUT2D eigenvalue weighted by Gasteiger charge is 2.33. The molecule has 0 aliphatic carbocycles. The summed E-state index contributed by atoms with van der Waals surface area (Å²) in [5.41, 5.74) is -0.452. The Balaban J connectivity index is 2.57. The minimum absolute atomic E-state index is 0.0679. The molecule has 2 rings (SSSR count). The van der Waals surface area contributed by atoms with Crippen LogP contribution in [0.25, 0.3) is 0 Å². The highest BCUT2D eigenvalue weighted by Crippen LogP contribution is 2.26. The summed E-state index contributed by atoms with van der Waals surface area (Å²) in [5, 5.41) is 0.675. The Labute approximate surface area is 172 Å². The second kappa shape index (κ2) is 9.40. The van der Waals surface area contributed by atoms with E-state index in [1.54, 1.807) is 7.05 Å². The van der Waals surface area contributed by atoms with E-state index < -0.39 is 23.3 Å². The molecule has 0 aliphatic heterocycles. The van der Waals surface area contributed by atoms with Crippen LogP contribution in [0, 0.1) is 0 Å². The predicted molar refractivity (Wildman–Crippen MR) is 108 cm³/mol. The van der Waals surface area contributed by atoms with Gasteiger partial charge in [-0.2, -0.15) is 0 Å². The van der Waals surface area contributed by atoms with Gasteiger partial charge in [0, 0.05) is 36.4 Å². The second-order valence-corrected chi connectivity index (χ2v) is 7.38. The average molecular weight is 430 g/mol. The molecule has 0 radical (unpaired) electrons. The largest absolute Gasteiger partial charge is 0.344 e. The number of aromatic nitrogens is 1. The fourth-order valence-corrected chi connectivity index (χ4v) is 3.13. The van der Waals surface area contributed by atoms with Crippen molar-refractivity contribution >= 4 is 46.5 Å². The standard InChI is InChI=1S/C19H19Cl3N2O3/c1-3-4-9-23(2)19(27)17(24-11-13(21)6-8-16(24)25)18(26)14-10-12(20)5-7-15(14)22/h5-8,10-11,17H,3-4,9H2,1-2H3/t17-/m1/s1. The molecule has 0 bridgehead atoms. The van der Waals surface area contributed by atoms with Crippen LogP contribution in [0.2, 0.25) is 15.1 Å². The van der Waals surface area contributed by atoms with E-state index in [0.717, 1.165) is 17.4 Å². The van der Waals surface area contributed by atoms with Gasteiger partial charge in [0.25, 0.3) is 11.5 Å². The van der Waals surface area contributed by atoms with Crippen molar-refractivity contribution in [2.45, 2.75) is 25.8 Å². The lowest BCUT2D eigenvalue weighted by Crippen LogP contribution is -2.42. The maximum atomic E-state index is 13.2. The number of unbranched alkanes of at least 4 members (excludes halogenated alkanes) is 1. The number of nitrogens with zero attached hydrogens (tertiary/aromatic N) is 2. The molecule has 0 saturated heterocycles. The third-order valence-corrected chi connectivity index (χ3v) is 4.87. The number of carbonyl (C=O) groups is 2. The molecular formula is C19H19Cl3N2O3. The van der Waals surface area contributed by atoms with E-state index in [0.29, 0.717) is 11.6 Å². The first-order valence-corrected chi connectivity index (χ1v) is 9.51. The number of amides is 1. The third-order valence-electron chi connectivity index (χ3n) is 4.08. The summed E-state index contributed by atoms with van der Waals surface area (Å²) in [5.74, 6) is -1.14. The lowest BCUT2D eigenvalue weighted by atomic mass is 10.0. The Bertz CT molecular complexity index is 911. The van der Waals surface area contributed by atoms with Crippen molar-refractivity contribution in [2.24, 2.45) is 0 Å². The van der Waals surface area contributed by atoms with Crippen molar-refractivity contribution in [3.63, 3.8) is 0 Å². The highest BCUT2D eigenvalue weighted by molar-refractivity contribution is 6.36. The highest BCUT2D eigenvalue weighted by atomic mass is 35.5. The molecule has 1 aromatic heterocycles. The molecule has 8 heteroatoms. The van der Waals surface area contributed by atoms with E-state index >= 15 is 0 Å². The molecule has 2 aromatic rings. The maximum Gasteiger partial charge on any atom is 0.253 e. The van der Waals surface area contributed by atoms with Gasteiger partial charge in [-0.15, -0.1) is 0 Å². The SMILES string of the molecule is CCCCN(C)C(=O)[C@@H](C(=O)c1cc(Cl)ccc1Cl)n1cc(Cl)ccc1=O. The Morgan fingerprint density at radius 1 is 1.11 bits per heavy atom. The molecule has 5 nitrogen and oxygen atoms in total. The molecule has 1 aromatic carbocycles. The molecule has 0 fully saturated rings. The van der Waals surface area contributed by atoms with Crippen LogP contribution in [0.4, 0.5) is 0 Å². The summed E-state index contributed by atoms with van der Waals surface area (Å²) in [7, 11) is 1.59. The lowest BCUT2D eigenvalue weighted by Gasteiger charge is -2.25. The van der Waals surface area contributed by atoms with Crippen molar-refractivity contribution in [2.75, 3.05) is 13.6 Å². The van der Waals surface area contributed by atoms with E-state index in [4.69, 9.17) is 34.8 Å². The van der Waals surface area contributed by atoms with E-state index in [2.05, 4.69) is 0 Å². The number of benzene rings is 1. The van der Waals surface area contributed by atoms with E-state index in [-0.39, 0.29) is 15.6 Å². The first kappa shape index (κ1) is 21.5. The number of carbonyl (C=O) groups excluding carboxylic acids is 2.